The Hall–Kier alpha value is -3.00. The molecule has 9 heteroatoms. The summed E-state index contributed by atoms with van der Waals surface area (Å²) < 4.78 is 5.80. The van der Waals surface area contributed by atoms with E-state index in [2.05, 4.69) is 15.0 Å². The Labute approximate surface area is 211 Å². The molecule has 0 aromatic carbocycles. The first-order valence-electron chi connectivity index (χ1n) is 12.2. The smallest absolute Gasteiger partial charge is 0.355 e. The van der Waals surface area contributed by atoms with Crippen molar-refractivity contribution in [2.24, 2.45) is 10.1 Å². The van der Waals surface area contributed by atoms with E-state index in [9.17, 15) is 4.79 Å². The lowest BCUT2D eigenvalue weighted by Gasteiger charge is -2.37. The SMILES string of the molecule is Cc1nccnc1C1CCC(N2N=CN3C(C(=O)OC(C)(C)C)=C4CC=C(Cl)C=C4N=CC32)CC1. The molecule has 1 saturated carbocycles. The molecular weight excluding hydrogens is 464 g/mol. The van der Waals surface area contributed by atoms with E-state index in [1.54, 1.807) is 24.8 Å². The average molecular weight is 495 g/mol. The monoisotopic (exact) mass is 494 g/mol. The Balaban J connectivity index is 1.39. The highest BCUT2D eigenvalue weighted by molar-refractivity contribution is 6.31. The molecule has 1 aromatic heterocycles. The van der Waals surface area contributed by atoms with Gasteiger partial charge in [-0.2, -0.15) is 5.10 Å². The number of aliphatic imine (C=N–C) groups is 1. The van der Waals surface area contributed by atoms with Gasteiger partial charge in [0.05, 0.1) is 17.1 Å². The van der Waals surface area contributed by atoms with Crippen LogP contribution in [0.3, 0.4) is 0 Å². The van der Waals surface area contributed by atoms with Gasteiger partial charge in [0.1, 0.15) is 17.6 Å². The van der Waals surface area contributed by atoms with Gasteiger partial charge in [0.15, 0.2) is 6.17 Å². The Morgan fingerprint density at radius 1 is 1.14 bits per heavy atom. The van der Waals surface area contributed by atoms with E-state index >= 15 is 0 Å². The first-order chi connectivity index (χ1) is 16.7. The molecule has 2 aliphatic heterocycles. The minimum Gasteiger partial charge on any atom is -0.455 e. The summed E-state index contributed by atoms with van der Waals surface area (Å²) in [5, 5.41) is 7.46. The number of rotatable bonds is 3. The van der Waals surface area contributed by atoms with E-state index in [1.165, 1.54) is 0 Å². The number of hydrogen-bond donors (Lipinski definition) is 0. The molecule has 1 unspecified atom stereocenters. The minimum absolute atomic E-state index is 0.238. The topological polar surface area (TPSA) is 83.3 Å². The fraction of sp³-hybridized carbons (Fsp3) is 0.500. The van der Waals surface area contributed by atoms with Crippen LogP contribution in [0.4, 0.5) is 0 Å². The number of carbonyl (C=O) groups is 1. The fourth-order valence-electron chi connectivity index (χ4n) is 5.22. The van der Waals surface area contributed by atoms with E-state index < -0.39 is 5.60 Å². The van der Waals surface area contributed by atoms with Crippen LogP contribution in [0.25, 0.3) is 0 Å². The number of carbonyl (C=O) groups excluding carboxylic acids is 1. The van der Waals surface area contributed by atoms with E-state index in [1.807, 2.05) is 44.9 Å². The van der Waals surface area contributed by atoms with E-state index in [0.29, 0.717) is 28.8 Å². The molecular formula is C26H31ClN6O2. The predicted octanol–water partition coefficient (Wildman–Crippen LogP) is 4.79. The van der Waals surface area contributed by atoms with Gasteiger partial charge in [0, 0.05) is 41.2 Å². The number of hydrazone groups is 1. The van der Waals surface area contributed by atoms with Gasteiger partial charge in [-0.25, -0.2) is 4.79 Å². The molecule has 0 bridgehead atoms. The summed E-state index contributed by atoms with van der Waals surface area (Å²) in [6.45, 7) is 7.64. The number of aryl methyl sites for hydroxylation is 1. The largest absolute Gasteiger partial charge is 0.455 e. The molecule has 0 N–H and O–H groups in total. The highest BCUT2D eigenvalue weighted by atomic mass is 35.5. The summed E-state index contributed by atoms with van der Waals surface area (Å²) in [6, 6.07) is 0.238. The molecule has 8 nitrogen and oxygen atoms in total. The van der Waals surface area contributed by atoms with Gasteiger partial charge in [0.25, 0.3) is 0 Å². The number of halogens is 1. The summed E-state index contributed by atoms with van der Waals surface area (Å²) in [5.74, 6) is 0.0292. The molecule has 35 heavy (non-hydrogen) atoms. The highest BCUT2D eigenvalue weighted by Crippen LogP contribution is 2.39. The van der Waals surface area contributed by atoms with Crippen molar-refractivity contribution < 1.29 is 9.53 Å². The summed E-state index contributed by atoms with van der Waals surface area (Å²) in [4.78, 5) is 29.1. The molecule has 184 valence electrons. The number of esters is 1. The van der Waals surface area contributed by atoms with Crippen LogP contribution in [0.2, 0.25) is 0 Å². The Morgan fingerprint density at radius 2 is 1.89 bits per heavy atom. The molecule has 4 aliphatic rings. The van der Waals surface area contributed by atoms with Crippen molar-refractivity contribution in [2.75, 3.05) is 0 Å². The van der Waals surface area contributed by atoms with Crippen molar-refractivity contribution in [2.45, 2.75) is 83.5 Å². The maximum absolute atomic E-state index is 13.4. The Bertz CT molecular complexity index is 1170. The Morgan fingerprint density at radius 3 is 2.60 bits per heavy atom. The highest BCUT2D eigenvalue weighted by Gasteiger charge is 2.41. The van der Waals surface area contributed by atoms with Crippen molar-refractivity contribution in [1.29, 1.82) is 0 Å². The van der Waals surface area contributed by atoms with Crippen molar-refractivity contribution in [3.8, 4) is 0 Å². The lowest BCUT2D eigenvalue weighted by molar-refractivity contribution is -0.151. The van der Waals surface area contributed by atoms with Crippen LogP contribution in [0.1, 0.15) is 70.2 Å². The van der Waals surface area contributed by atoms with Crippen LogP contribution >= 0.6 is 11.6 Å². The normalized spacial score (nSPS) is 26.1. The molecule has 1 atom stereocenters. The minimum atomic E-state index is -0.618. The van der Waals surface area contributed by atoms with Crippen molar-refractivity contribution in [3.63, 3.8) is 0 Å². The molecule has 0 saturated heterocycles. The summed E-state index contributed by atoms with van der Waals surface area (Å²) in [5.41, 5.74) is 3.47. The maximum Gasteiger partial charge on any atom is 0.355 e. The first kappa shape index (κ1) is 23.7. The van der Waals surface area contributed by atoms with Gasteiger partial charge >= 0.3 is 5.97 Å². The first-order valence-corrected chi connectivity index (χ1v) is 12.6. The molecule has 0 spiro atoms. The molecule has 1 aromatic rings. The second-order valence-electron chi connectivity index (χ2n) is 10.4. The number of allylic oxidation sites excluding steroid dienone is 4. The van der Waals surface area contributed by atoms with Crippen LogP contribution in [-0.4, -0.2) is 56.2 Å². The van der Waals surface area contributed by atoms with Crippen molar-refractivity contribution in [3.05, 3.63) is 57.9 Å². The van der Waals surface area contributed by atoms with Gasteiger partial charge in [-0.15, -0.1) is 0 Å². The third-order valence-corrected chi connectivity index (χ3v) is 7.07. The summed E-state index contributed by atoms with van der Waals surface area (Å²) >= 11 is 6.28. The van der Waals surface area contributed by atoms with Crippen molar-refractivity contribution >= 4 is 30.1 Å². The van der Waals surface area contributed by atoms with E-state index in [4.69, 9.17) is 26.4 Å². The number of fused-ring (bicyclic) bond motifs is 2. The molecule has 2 aliphatic carbocycles. The summed E-state index contributed by atoms with van der Waals surface area (Å²) in [7, 11) is 0. The van der Waals surface area contributed by atoms with E-state index in [-0.39, 0.29) is 18.2 Å². The predicted molar refractivity (Wildman–Crippen MR) is 136 cm³/mol. The number of ether oxygens (including phenoxy) is 1. The molecule has 1 fully saturated rings. The van der Waals surface area contributed by atoms with E-state index in [0.717, 1.165) is 42.6 Å². The van der Waals surface area contributed by atoms with Crippen LogP contribution in [0.15, 0.2) is 56.6 Å². The molecule has 0 amide bonds. The lowest BCUT2D eigenvalue weighted by Crippen LogP contribution is -2.47. The van der Waals surface area contributed by atoms with Gasteiger partial charge in [-0.05, 0) is 65.9 Å². The zero-order valence-corrected chi connectivity index (χ0v) is 21.4. The average Bonchev–Trinajstić information content (AvgIpc) is 3.14. The third kappa shape index (κ3) is 4.76. The van der Waals surface area contributed by atoms with Gasteiger partial charge in [0.2, 0.25) is 0 Å². The molecule has 0 radical (unpaired) electrons. The van der Waals surface area contributed by atoms with Gasteiger partial charge in [-0.3, -0.25) is 24.9 Å². The van der Waals surface area contributed by atoms with Crippen molar-refractivity contribution in [1.82, 2.24) is 19.9 Å². The second kappa shape index (κ2) is 9.22. The lowest BCUT2D eigenvalue weighted by atomic mass is 9.83. The molecule has 3 heterocycles. The Kier molecular flexibility index (Phi) is 6.25. The van der Waals surface area contributed by atoms with Crippen LogP contribution in [-0.2, 0) is 9.53 Å². The van der Waals surface area contributed by atoms with Gasteiger partial charge in [-0.1, -0.05) is 17.7 Å². The second-order valence-corrected chi connectivity index (χ2v) is 10.8. The summed E-state index contributed by atoms with van der Waals surface area (Å²) in [6.07, 6.45) is 15.0. The number of aromatic nitrogens is 2. The zero-order chi connectivity index (χ0) is 24.7. The third-order valence-electron chi connectivity index (χ3n) is 6.81. The van der Waals surface area contributed by atoms with Crippen LogP contribution in [0.5, 0.6) is 0 Å². The maximum atomic E-state index is 13.4. The quantitative estimate of drug-likeness (QED) is 0.562. The molecule has 5 rings (SSSR count). The van der Waals surface area contributed by atoms with Gasteiger partial charge < -0.3 is 4.74 Å². The number of nitrogens with zero attached hydrogens (tertiary/aromatic N) is 6. The standard InChI is InChI=1S/C26H31ClN6O2/c1-16-23(29-12-11-28-16)17-5-8-19(9-6-17)33-22-14-30-21-13-18(27)7-10-20(21)24(32(22)15-31-33)25(34)35-26(2,3)4/h7,11-15,17,19,22H,5-6,8-10H2,1-4H3. The van der Waals surface area contributed by atoms with Crippen LogP contribution in [0, 0.1) is 6.92 Å². The number of hydrogen-bond acceptors (Lipinski definition) is 8. The van der Waals surface area contributed by atoms with Crippen LogP contribution < -0.4 is 0 Å². The fourth-order valence-corrected chi connectivity index (χ4v) is 5.40. The zero-order valence-electron chi connectivity index (χ0n) is 20.6.